The summed E-state index contributed by atoms with van der Waals surface area (Å²) in [7, 11) is 0. The van der Waals surface area contributed by atoms with Gasteiger partial charge >= 0.3 is 5.97 Å². The number of carbonyl (C=O) groups excluding carboxylic acids is 2. The summed E-state index contributed by atoms with van der Waals surface area (Å²) in [4.78, 5) is 35.3. The van der Waals surface area contributed by atoms with Crippen LogP contribution in [-0.2, 0) is 9.53 Å². The van der Waals surface area contributed by atoms with E-state index in [0.29, 0.717) is 29.6 Å². The predicted molar refractivity (Wildman–Crippen MR) is 122 cm³/mol. The molecular weight excluding hydrogens is 420 g/mol. The molecule has 3 aliphatic carbocycles. The number of hydrogen-bond acceptors (Lipinski definition) is 7. The quantitative estimate of drug-likeness (QED) is 0.349. The van der Waals surface area contributed by atoms with Crippen molar-refractivity contribution in [3.05, 3.63) is 18.0 Å². The van der Waals surface area contributed by atoms with Gasteiger partial charge in [-0.15, -0.1) is 0 Å². The first-order valence-corrected chi connectivity index (χ1v) is 12.9. The van der Waals surface area contributed by atoms with E-state index in [0.717, 1.165) is 38.8 Å². The molecule has 8 nitrogen and oxygen atoms in total. The SMILES string of the molecule is O=C(NO)c1cnc(N2CC3C(CC[C@H](C(=O)OC4CCCC4)C4CCCCC4)C3C2)nc1. The lowest BCUT2D eigenvalue weighted by atomic mass is 9.77. The van der Waals surface area contributed by atoms with Crippen molar-refractivity contribution in [2.24, 2.45) is 29.6 Å². The minimum atomic E-state index is -0.607. The van der Waals surface area contributed by atoms with E-state index < -0.39 is 5.91 Å². The van der Waals surface area contributed by atoms with Crippen LogP contribution in [0.3, 0.4) is 0 Å². The minimum absolute atomic E-state index is 0.0804. The second kappa shape index (κ2) is 9.95. The van der Waals surface area contributed by atoms with Gasteiger partial charge in [-0.3, -0.25) is 14.8 Å². The lowest BCUT2D eigenvalue weighted by Crippen LogP contribution is -2.31. The lowest BCUT2D eigenvalue weighted by Gasteiger charge is -2.30. The Hall–Kier alpha value is -2.22. The summed E-state index contributed by atoms with van der Waals surface area (Å²) in [5, 5.41) is 8.72. The largest absolute Gasteiger partial charge is 0.462 e. The Morgan fingerprint density at radius 1 is 1.03 bits per heavy atom. The molecule has 1 aromatic heterocycles. The monoisotopic (exact) mass is 456 g/mol. The van der Waals surface area contributed by atoms with Crippen LogP contribution in [0.4, 0.5) is 5.95 Å². The van der Waals surface area contributed by atoms with Gasteiger partial charge in [-0.25, -0.2) is 15.4 Å². The molecule has 0 spiro atoms. The van der Waals surface area contributed by atoms with Crippen LogP contribution in [0.25, 0.3) is 0 Å². The number of hydroxylamine groups is 1. The Bertz CT molecular complexity index is 823. The van der Waals surface area contributed by atoms with Gasteiger partial charge < -0.3 is 9.64 Å². The second-order valence-corrected chi connectivity index (χ2v) is 10.5. The van der Waals surface area contributed by atoms with E-state index in [9.17, 15) is 9.59 Å². The molecule has 180 valence electrons. The number of fused-ring (bicyclic) bond motifs is 1. The van der Waals surface area contributed by atoms with Crippen LogP contribution < -0.4 is 10.4 Å². The third-order valence-electron chi connectivity index (χ3n) is 8.57. The third kappa shape index (κ3) is 5.00. The van der Waals surface area contributed by atoms with Gasteiger partial charge in [0.2, 0.25) is 5.95 Å². The molecule has 2 heterocycles. The summed E-state index contributed by atoms with van der Waals surface area (Å²) < 4.78 is 5.98. The molecule has 0 bridgehead atoms. The van der Waals surface area contributed by atoms with Gasteiger partial charge in [-0.2, -0.15) is 0 Å². The smallest absolute Gasteiger partial charge is 0.309 e. The van der Waals surface area contributed by atoms with Crippen molar-refractivity contribution < 1.29 is 19.5 Å². The number of aromatic nitrogens is 2. The molecule has 5 rings (SSSR count). The van der Waals surface area contributed by atoms with Crippen LogP contribution >= 0.6 is 0 Å². The highest BCUT2D eigenvalue weighted by Crippen LogP contribution is 2.55. The van der Waals surface area contributed by atoms with Gasteiger partial charge in [0.25, 0.3) is 5.91 Å². The molecule has 8 heteroatoms. The highest BCUT2D eigenvalue weighted by molar-refractivity contribution is 5.92. The summed E-state index contributed by atoms with van der Waals surface area (Å²) in [6.45, 7) is 1.86. The highest BCUT2D eigenvalue weighted by Gasteiger charge is 2.55. The third-order valence-corrected chi connectivity index (χ3v) is 8.57. The number of rotatable bonds is 8. The number of ether oxygens (including phenoxy) is 1. The zero-order valence-corrected chi connectivity index (χ0v) is 19.3. The number of anilines is 1. The molecule has 33 heavy (non-hydrogen) atoms. The molecule has 1 saturated heterocycles. The van der Waals surface area contributed by atoms with Crippen LogP contribution in [0.15, 0.2) is 12.4 Å². The molecule has 0 aromatic carbocycles. The van der Waals surface area contributed by atoms with Crippen LogP contribution in [-0.4, -0.2) is 46.2 Å². The van der Waals surface area contributed by atoms with Crippen molar-refractivity contribution in [2.75, 3.05) is 18.0 Å². The average Bonchev–Trinajstić information content (AvgIpc) is 3.21. The number of esters is 1. The first-order valence-electron chi connectivity index (χ1n) is 12.9. The first-order chi connectivity index (χ1) is 16.1. The van der Waals surface area contributed by atoms with E-state index in [-0.39, 0.29) is 23.6 Å². The Balaban J connectivity index is 1.13. The van der Waals surface area contributed by atoms with Gasteiger partial charge in [0.05, 0.1) is 11.5 Å². The number of hydrogen-bond donors (Lipinski definition) is 2. The molecule has 1 aromatic rings. The van der Waals surface area contributed by atoms with Crippen molar-refractivity contribution in [1.29, 1.82) is 0 Å². The van der Waals surface area contributed by atoms with Crippen molar-refractivity contribution in [3.8, 4) is 0 Å². The fourth-order valence-corrected chi connectivity index (χ4v) is 6.62. The van der Waals surface area contributed by atoms with Gasteiger partial charge in [0, 0.05) is 25.5 Å². The summed E-state index contributed by atoms with van der Waals surface area (Å²) >= 11 is 0. The standard InChI is InChI=1S/C25H36N4O4/c30-23(28-32)17-12-26-25(27-13-17)29-14-21-20(22(21)15-29)11-10-19(16-6-2-1-3-7-16)24(31)33-18-8-4-5-9-18/h12-13,16,18-22,32H,1-11,14-15H2,(H,28,30)/t19-,20?,21?,22?/m0/s1. The molecule has 4 fully saturated rings. The zero-order chi connectivity index (χ0) is 22.8. The van der Waals surface area contributed by atoms with Crippen LogP contribution in [0, 0.1) is 29.6 Å². The van der Waals surface area contributed by atoms with Crippen molar-refractivity contribution in [2.45, 2.75) is 76.7 Å². The highest BCUT2D eigenvalue weighted by atomic mass is 16.5. The van der Waals surface area contributed by atoms with Crippen LogP contribution in [0.1, 0.15) is 81.0 Å². The summed E-state index contributed by atoms with van der Waals surface area (Å²) in [5.41, 5.74) is 1.84. The molecule has 2 unspecified atom stereocenters. The molecule has 1 aliphatic heterocycles. The van der Waals surface area contributed by atoms with Crippen molar-refractivity contribution in [1.82, 2.24) is 15.4 Å². The maximum Gasteiger partial charge on any atom is 0.309 e. The summed E-state index contributed by atoms with van der Waals surface area (Å²) in [6, 6.07) is 0. The summed E-state index contributed by atoms with van der Waals surface area (Å²) in [5.74, 6) is 2.68. The van der Waals surface area contributed by atoms with Crippen LogP contribution in [0.2, 0.25) is 0 Å². The van der Waals surface area contributed by atoms with Gasteiger partial charge in [0.1, 0.15) is 6.10 Å². The second-order valence-electron chi connectivity index (χ2n) is 10.5. The summed E-state index contributed by atoms with van der Waals surface area (Å²) in [6.07, 6.45) is 15.7. The fraction of sp³-hybridized carbons (Fsp3) is 0.760. The van der Waals surface area contributed by atoms with Gasteiger partial charge in [-0.05, 0) is 75.0 Å². The van der Waals surface area contributed by atoms with E-state index in [4.69, 9.17) is 9.94 Å². The van der Waals surface area contributed by atoms with E-state index in [1.807, 2.05) is 0 Å². The van der Waals surface area contributed by atoms with Gasteiger partial charge in [0.15, 0.2) is 0 Å². The lowest BCUT2D eigenvalue weighted by molar-refractivity contribution is -0.156. The number of nitrogens with one attached hydrogen (secondary N) is 1. The molecule has 3 atom stereocenters. The van der Waals surface area contributed by atoms with E-state index in [1.54, 1.807) is 5.48 Å². The first kappa shape index (κ1) is 22.6. The average molecular weight is 457 g/mol. The molecule has 3 saturated carbocycles. The molecular formula is C25H36N4O4. The minimum Gasteiger partial charge on any atom is -0.462 e. The Morgan fingerprint density at radius 3 is 2.30 bits per heavy atom. The molecule has 1 amide bonds. The number of piperidine rings is 1. The number of nitrogens with zero attached hydrogens (tertiary/aromatic N) is 3. The molecule has 4 aliphatic rings. The van der Waals surface area contributed by atoms with Crippen molar-refractivity contribution in [3.63, 3.8) is 0 Å². The fourth-order valence-electron chi connectivity index (χ4n) is 6.62. The van der Waals surface area contributed by atoms with E-state index >= 15 is 0 Å². The van der Waals surface area contributed by atoms with Crippen LogP contribution in [0.5, 0.6) is 0 Å². The molecule has 2 N–H and O–H groups in total. The van der Waals surface area contributed by atoms with E-state index in [1.165, 1.54) is 57.3 Å². The Labute approximate surface area is 195 Å². The normalized spacial score (nSPS) is 28.4. The van der Waals surface area contributed by atoms with Gasteiger partial charge in [-0.1, -0.05) is 19.3 Å². The zero-order valence-electron chi connectivity index (χ0n) is 19.3. The Kier molecular flexibility index (Phi) is 6.81. The molecule has 0 radical (unpaired) electrons. The number of carbonyl (C=O) groups is 2. The van der Waals surface area contributed by atoms with E-state index in [2.05, 4.69) is 14.9 Å². The topological polar surface area (TPSA) is 105 Å². The predicted octanol–water partition coefficient (Wildman–Crippen LogP) is 3.74. The van der Waals surface area contributed by atoms with Crippen molar-refractivity contribution >= 4 is 17.8 Å². The Morgan fingerprint density at radius 2 is 1.67 bits per heavy atom. The number of amides is 1. The maximum atomic E-state index is 13.1. The maximum absolute atomic E-state index is 13.1.